The van der Waals surface area contributed by atoms with Crippen molar-refractivity contribution in [3.63, 3.8) is 0 Å². The summed E-state index contributed by atoms with van der Waals surface area (Å²) in [5.74, 6) is -1.11. The molecule has 0 heterocycles. The van der Waals surface area contributed by atoms with E-state index in [2.05, 4.69) is 5.32 Å². The van der Waals surface area contributed by atoms with E-state index in [-0.39, 0.29) is 5.91 Å². The Hall–Kier alpha value is -2.14. The monoisotopic (exact) mass is 276 g/mol. The molecule has 0 spiro atoms. The zero-order valence-corrected chi connectivity index (χ0v) is 12.0. The molecule has 0 atom stereocenters. The Kier molecular flexibility index (Phi) is 5.93. The summed E-state index contributed by atoms with van der Waals surface area (Å²) in [6.45, 7) is 3.22. The highest BCUT2D eigenvalue weighted by molar-refractivity contribution is 5.95. The van der Waals surface area contributed by atoms with E-state index < -0.39 is 5.97 Å². The van der Waals surface area contributed by atoms with Crippen LogP contribution in [0.3, 0.4) is 0 Å². The van der Waals surface area contributed by atoms with E-state index in [0.717, 1.165) is 23.7 Å². The number of aryl methyl sites for hydroxylation is 1. The fraction of sp³-hybridized carbons (Fsp3) is 0.333. The second-order valence-electron chi connectivity index (χ2n) is 4.80. The predicted molar refractivity (Wildman–Crippen MR) is 78.7 cm³/mol. The summed E-state index contributed by atoms with van der Waals surface area (Å²) in [6.07, 6.45) is 2.60. The summed E-state index contributed by atoms with van der Waals surface area (Å²) in [5.41, 5.74) is 2.23. The number of hydrogen-bond donors (Lipinski definition) is 2. The van der Waals surface area contributed by atoms with Crippen LogP contribution in [0.15, 0.2) is 24.3 Å². The third-order valence-electron chi connectivity index (χ3n) is 2.78. The van der Waals surface area contributed by atoms with E-state index in [1.165, 1.54) is 6.08 Å². The molecule has 0 unspecified atom stereocenters. The Morgan fingerprint density at radius 2 is 2.05 bits per heavy atom. The van der Waals surface area contributed by atoms with Gasteiger partial charge in [0, 0.05) is 24.7 Å². The quantitative estimate of drug-likeness (QED) is 0.770. The molecule has 1 aromatic rings. The lowest BCUT2D eigenvalue weighted by atomic mass is 10.0. The number of rotatable bonds is 6. The number of benzene rings is 1. The molecule has 1 rings (SSSR count). The molecule has 0 radical (unpaired) electrons. The van der Waals surface area contributed by atoms with Crippen molar-refractivity contribution in [1.29, 1.82) is 0 Å². The highest BCUT2D eigenvalue weighted by Gasteiger charge is 2.06. The van der Waals surface area contributed by atoms with Crippen LogP contribution in [0.5, 0.6) is 0 Å². The summed E-state index contributed by atoms with van der Waals surface area (Å²) < 4.78 is 0. The zero-order chi connectivity index (χ0) is 15.1. The second kappa shape index (κ2) is 7.45. The van der Waals surface area contributed by atoms with Crippen molar-refractivity contribution in [3.8, 4) is 0 Å². The van der Waals surface area contributed by atoms with Crippen LogP contribution in [0.4, 0.5) is 0 Å². The summed E-state index contributed by atoms with van der Waals surface area (Å²) in [4.78, 5) is 24.4. The first-order valence-corrected chi connectivity index (χ1v) is 6.34. The first-order valence-electron chi connectivity index (χ1n) is 6.34. The maximum Gasteiger partial charge on any atom is 0.328 e. The van der Waals surface area contributed by atoms with Gasteiger partial charge in [0.1, 0.15) is 0 Å². The highest BCUT2D eigenvalue weighted by atomic mass is 16.4. The zero-order valence-electron chi connectivity index (χ0n) is 12.0. The molecular formula is C15H20N2O3. The van der Waals surface area contributed by atoms with Crippen molar-refractivity contribution in [2.45, 2.75) is 6.92 Å². The van der Waals surface area contributed by atoms with Crippen molar-refractivity contribution < 1.29 is 14.7 Å². The lowest BCUT2D eigenvalue weighted by molar-refractivity contribution is -0.131. The fourth-order valence-electron chi connectivity index (χ4n) is 1.66. The number of carbonyl (C=O) groups is 2. The SMILES string of the molecule is Cc1cc(C(=O)NCCN(C)C)ccc1/C=C/C(=O)O. The number of carbonyl (C=O) groups excluding carboxylic acids is 1. The largest absolute Gasteiger partial charge is 0.478 e. The van der Waals surface area contributed by atoms with Gasteiger partial charge in [0.2, 0.25) is 0 Å². The lowest BCUT2D eigenvalue weighted by Crippen LogP contribution is -2.31. The molecule has 20 heavy (non-hydrogen) atoms. The minimum Gasteiger partial charge on any atom is -0.478 e. The molecule has 0 saturated carbocycles. The third kappa shape index (κ3) is 5.24. The van der Waals surface area contributed by atoms with E-state index in [4.69, 9.17) is 5.11 Å². The van der Waals surface area contributed by atoms with E-state index >= 15 is 0 Å². The van der Waals surface area contributed by atoms with Gasteiger partial charge in [0.05, 0.1) is 0 Å². The Morgan fingerprint density at radius 1 is 1.35 bits per heavy atom. The minimum atomic E-state index is -0.991. The first-order chi connectivity index (χ1) is 9.40. The topological polar surface area (TPSA) is 69.6 Å². The molecule has 0 aromatic heterocycles. The van der Waals surface area contributed by atoms with E-state index in [1.807, 2.05) is 25.9 Å². The molecule has 108 valence electrons. The molecular weight excluding hydrogens is 256 g/mol. The normalized spacial score (nSPS) is 11.0. The number of nitrogens with zero attached hydrogens (tertiary/aromatic N) is 1. The summed E-state index contributed by atoms with van der Waals surface area (Å²) >= 11 is 0. The van der Waals surface area contributed by atoms with Crippen LogP contribution in [0.1, 0.15) is 21.5 Å². The predicted octanol–water partition coefficient (Wildman–Crippen LogP) is 1.38. The number of likely N-dealkylation sites (N-methyl/N-ethyl adjacent to an activating group) is 1. The van der Waals surface area contributed by atoms with Gasteiger partial charge in [0.25, 0.3) is 5.91 Å². The van der Waals surface area contributed by atoms with Crippen LogP contribution in [0, 0.1) is 6.92 Å². The Labute approximate surface area is 118 Å². The highest BCUT2D eigenvalue weighted by Crippen LogP contribution is 2.13. The van der Waals surface area contributed by atoms with Gasteiger partial charge in [-0.05, 0) is 50.4 Å². The number of hydrogen-bond acceptors (Lipinski definition) is 3. The maximum absolute atomic E-state index is 11.9. The molecule has 0 aliphatic heterocycles. The number of carboxylic acids is 1. The molecule has 0 aliphatic carbocycles. The summed E-state index contributed by atoms with van der Waals surface area (Å²) in [7, 11) is 3.89. The average Bonchev–Trinajstić information content (AvgIpc) is 2.36. The van der Waals surface area contributed by atoms with E-state index in [0.29, 0.717) is 12.1 Å². The second-order valence-corrected chi connectivity index (χ2v) is 4.80. The van der Waals surface area contributed by atoms with E-state index in [9.17, 15) is 9.59 Å². The summed E-state index contributed by atoms with van der Waals surface area (Å²) in [6, 6.07) is 5.20. The van der Waals surface area contributed by atoms with Crippen LogP contribution in [-0.2, 0) is 4.79 Å². The number of carboxylic acid groups (broad SMARTS) is 1. The number of aliphatic carboxylic acids is 1. The first kappa shape index (κ1) is 15.9. The third-order valence-corrected chi connectivity index (χ3v) is 2.78. The van der Waals surface area contributed by atoms with Crippen molar-refractivity contribution in [2.75, 3.05) is 27.2 Å². The minimum absolute atomic E-state index is 0.122. The maximum atomic E-state index is 11.9. The standard InChI is InChI=1S/C15H20N2O3/c1-11-10-13(15(20)16-8-9-17(2)3)5-4-12(11)6-7-14(18)19/h4-7,10H,8-9H2,1-3H3,(H,16,20)(H,18,19)/b7-6+. The van der Waals surface area contributed by atoms with Gasteiger partial charge in [-0.2, -0.15) is 0 Å². The van der Waals surface area contributed by atoms with Gasteiger partial charge >= 0.3 is 5.97 Å². The molecule has 5 nitrogen and oxygen atoms in total. The van der Waals surface area contributed by atoms with Crippen molar-refractivity contribution in [2.24, 2.45) is 0 Å². The molecule has 2 N–H and O–H groups in total. The van der Waals surface area contributed by atoms with Crippen LogP contribution < -0.4 is 5.32 Å². The van der Waals surface area contributed by atoms with Gasteiger partial charge < -0.3 is 15.3 Å². The van der Waals surface area contributed by atoms with Crippen LogP contribution >= 0.6 is 0 Å². The fourth-order valence-corrected chi connectivity index (χ4v) is 1.66. The Morgan fingerprint density at radius 3 is 2.60 bits per heavy atom. The van der Waals surface area contributed by atoms with Crippen LogP contribution in [0.25, 0.3) is 6.08 Å². The van der Waals surface area contributed by atoms with Gasteiger partial charge in [-0.25, -0.2) is 4.79 Å². The van der Waals surface area contributed by atoms with Crippen molar-refractivity contribution >= 4 is 18.0 Å². The Balaban J connectivity index is 2.71. The van der Waals surface area contributed by atoms with Gasteiger partial charge in [-0.1, -0.05) is 6.07 Å². The van der Waals surface area contributed by atoms with Crippen molar-refractivity contribution in [3.05, 3.63) is 41.0 Å². The molecule has 0 fully saturated rings. The molecule has 1 aromatic carbocycles. The lowest BCUT2D eigenvalue weighted by Gasteiger charge is -2.11. The number of amides is 1. The smallest absolute Gasteiger partial charge is 0.328 e. The Bertz CT molecular complexity index is 522. The molecule has 1 amide bonds. The van der Waals surface area contributed by atoms with Gasteiger partial charge in [-0.3, -0.25) is 4.79 Å². The van der Waals surface area contributed by atoms with E-state index in [1.54, 1.807) is 18.2 Å². The average molecular weight is 276 g/mol. The van der Waals surface area contributed by atoms with Gasteiger partial charge in [-0.15, -0.1) is 0 Å². The molecule has 0 bridgehead atoms. The molecule has 0 aliphatic rings. The van der Waals surface area contributed by atoms with Gasteiger partial charge in [0.15, 0.2) is 0 Å². The van der Waals surface area contributed by atoms with Crippen LogP contribution in [0.2, 0.25) is 0 Å². The van der Waals surface area contributed by atoms with Crippen molar-refractivity contribution in [1.82, 2.24) is 10.2 Å². The molecule has 0 saturated heterocycles. The summed E-state index contributed by atoms with van der Waals surface area (Å²) in [5, 5.41) is 11.4. The number of nitrogens with one attached hydrogen (secondary N) is 1. The molecule has 5 heteroatoms. The van der Waals surface area contributed by atoms with Crippen LogP contribution in [-0.4, -0.2) is 49.1 Å².